The number of pyridine rings is 1. The van der Waals surface area contributed by atoms with Gasteiger partial charge in [0.25, 0.3) is 5.91 Å². The number of nitrogens with one attached hydrogen (secondary N) is 4. The first-order valence-electron chi connectivity index (χ1n) is 18.5. The molecule has 2 aliphatic rings. The van der Waals surface area contributed by atoms with Crippen LogP contribution in [0.25, 0.3) is 11.0 Å². The van der Waals surface area contributed by atoms with Gasteiger partial charge in [-0.3, -0.25) is 19.2 Å². The van der Waals surface area contributed by atoms with Crippen LogP contribution in [0.4, 0.5) is 0 Å². The number of benzene rings is 2. The molecule has 15 heteroatoms. The third-order valence-electron chi connectivity index (χ3n) is 9.28. The SMILES string of the molecule is Cc1nc2n(n1)CC(=O)N[C@@H](CC(C)C)COc1ccc(cc1)C[C@@H](NC(=O)c1onc3ncccc13)C(=O)N[C@@H](Cc1ccccc1)C(=O)N[C@H]2C(C)C. The van der Waals surface area contributed by atoms with Crippen molar-refractivity contribution in [2.75, 3.05) is 6.61 Å². The van der Waals surface area contributed by atoms with Crippen LogP contribution in [0.15, 0.2) is 77.4 Å². The lowest BCUT2D eigenvalue weighted by molar-refractivity contribution is -0.130. The summed E-state index contributed by atoms with van der Waals surface area (Å²) in [6.07, 6.45) is 2.44. The van der Waals surface area contributed by atoms with Crippen LogP contribution in [-0.2, 0) is 33.8 Å². The van der Waals surface area contributed by atoms with Crippen molar-refractivity contribution in [1.82, 2.24) is 46.2 Å². The van der Waals surface area contributed by atoms with Gasteiger partial charge >= 0.3 is 0 Å². The zero-order chi connectivity index (χ0) is 39.1. The van der Waals surface area contributed by atoms with E-state index in [9.17, 15) is 19.2 Å². The molecule has 55 heavy (non-hydrogen) atoms. The number of hydrogen-bond acceptors (Lipinski definition) is 10. The second-order valence-corrected chi connectivity index (χ2v) is 14.6. The summed E-state index contributed by atoms with van der Waals surface area (Å²) in [7, 11) is 0. The Kier molecular flexibility index (Phi) is 12.2. The van der Waals surface area contributed by atoms with Crippen LogP contribution in [0, 0.1) is 18.8 Å². The minimum Gasteiger partial charge on any atom is -0.491 e. The quantitative estimate of drug-likeness (QED) is 0.191. The Bertz CT molecular complexity index is 2110. The molecule has 7 rings (SSSR count). The molecule has 0 saturated heterocycles. The van der Waals surface area contributed by atoms with Gasteiger partial charge < -0.3 is 30.5 Å². The number of amides is 4. The van der Waals surface area contributed by atoms with Crippen molar-refractivity contribution >= 4 is 34.7 Å². The van der Waals surface area contributed by atoms with Crippen molar-refractivity contribution in [1.29, 1.82) is 0 Å². The lowest BCUT2D eigenvalue weighted by Crippen LogP contribution is -2.55. The van der Waals surface area contributed by atoms with Gasteiger partial charge in [-0.25, -0.2) is 14.6 Å². The van der Waals surface area contributed by atoms with Gasteiger partial charge in [0.1, 0.15) is 36.8 Å². The highest BCUT2D eigenvalue weighted by Crippen LogP contribution is 2.22. The Morgan fingerprint density at radius 1 is 0.945 bits per heavy atom. The summed E-state index contributed by atoms with van der Waals surface area (Å²) < 4.78 is 13.0. The number of aromatic nitrogens is 5. The highest BCUT2D eigenvalue weighted by Gasteiger charge is 2.33. The van der Waals surface area contributed by atoms with Gasteiger partial charge in [-0.15, -0.1) is 0 Å². The molecule has 5 aromatic rings. The smallest absolute Gasteiger partial charge is 0.291 e. The van der Waals surface area contributed by atoms with Gasteiger partial charge in [0, 0.05) is 19.0 Å². The van der Waals surface area contributed by atoms with Gasteiger partial charge in [-0.2, -0.15) is 5.10 Å². The van der Waals surface area contributed by atoms with E-state index >= 15 is 0 Å². The number of aryl methyl sites for hydroxylation is 1. The molecule has 0 aliphatic carbocycles. The summed E-state index contributed by atoms with van der Waals surface area (Å²) >= 11 is 0. The standard InChI is InChI=1S/C40H47N9O6/c1-23(2)18-28-22-54-29-15-13-27(14-16-29)20-31(45-40(53)35-30-12-9-17-41-36(30)48-55-35)38(51)44-32(19-26-10-7-6-8-11-26)39(52)46-34(24(3)4)37-42-25(5)47-49(37)21-33(50)43-28/h6-17,23-24,28,31-32,34H,18-22H2,1-5H3,(H,43,50)(H,44,51)(H,45,53)(H,46,52)/t28-,31+,32-,34-/m0/s1. The van der Waals surface area contributed by atoms with Crippen molar-refractivity contribution in [3.05, 3.63) is 101 Å². The van der Waals surface area contributed by atoms with Gasteiger partial charge in [0.05, 0.1) is 17.5 Å². The second kappa shape index (κ2) is 17.3. The van der Waals surface area contributed by atoms with Crippen LogP contribution in [0.5, 0.6) is 5.75 Å². The van der Waals surface area contributed by atoms with Gasteiger partial charge in [0.15, 0.2) is 5.82 Å². The van der Waals surface area contributed by atoms with Gasteiger partial charge in [0.2, 0.25) is 29.1 Å². The first-order chi connectivity index (χ1) is 26.4. The van der Waals surface area contributed by atoms with E-state index in [4.69, 9.17) is 9.26 Å². The number of ether oxygens (including phenoxy) is 1. The largest absolute Gasteiger partial charge is 0.491 e. The number of carbonyl (C=O) groups is 4. The molecule has 5 heterocycles. The fraction of sp³-hybridized carbons (Fsp3) is 0.400. The molecular formula is C40H47N9O6. The number of rotatable bonds is 7. The lowest BCUT2D eigenvalue weighted by Gasteiger charge is -2.27. The van der Waals surface area contributed by atoms with Crippen molar-refractivity contribution in [2.24, 2.45) is 11.8 Å². The molecule has 288 valence electrons. The summed E-state index contributed by atoms with van der Waals surface area (Å²) in [6, 6.07) is 16.6. The highest BCUT2D eigenvalue weighted by molar-refractivity contribution is 6.04. The number of fused-ring (bicyclic) bond motifs is 15. The maximum atomic E-state index is 14.3. The number of hydrogen-bond donors (Lipinski definition) is 4. The maximum Gasteiger partial charge on any atom is 0.291 e. The molecule has 0 spiro atoms. The maximum absolute atomic E-state index is 14.3. The Labute approximate surface area is 319 Å². The van der Waals surface area contributed by atoms with Crippen LogP contribution >= 0.6 is 0 Å². The van der Waals surface area contributed by atoms with Crippen LogP contribution in [0.1, 0.15) is 73.5 Å². The topological polar surface area (TPSA) is 195 Å². The monoisotopic (exact) mass is 749 g/mol. The molecule has 4 amide bonds. The summed E-state index contributed by atoms with van der Waals surface area (Å²) in [5.41, 5.74) is 1.78. The summed E-state index contributed by atoms with van der Waals surface area (Å²) in [4.78, 5) is 64.6. The van der Waals surface area contributed by atoms with Gasteiger partial charge in [-0.1, -0.05) is 75.3 Å². The van der Waals surface area contributed by atoms with Crippen molar-refractivity contribution in [3.63, 3.8) is 0 Å². The van der Waals surface area contributed by atoms with E-state index in [-0.39, 0.29) is 61.2 Å². The summed E-state index contributed by atoms with van der Waals surface area (Å²) in [6.45, 7) is 9.83. The molecule has 0 unspecified atom stereocenters. The first kappa shape index (κ1) is 38.6. The molecule has 0 radical (unpaired) electrons. The van der Waals surface area contributed by atoms with E-state index in [1.165, 1.54) is 10.9 Å². The Morgan fingerprint density at radius 2 is 1.71 bits per heavy atom. The van der Waals surface area contributed by atoms with Crippen LogP contribution in [0.3, 0.4) is 0 Å². The van der Waals surface area contributed by atoms with E-state index in [0.717, 1.165) is 11.1 Å². The Morgan fingerprint density at radius 3 is 2.44 bits per heavy atom. The third kappa shape index (κ3) is 9.90. The van der Waals surface area contributed by atoms with Crippen molar-refractivity contribution < 1.29 is 28.4 Å². The summed E-state index contributed by atoms with van der Waals surface area (Å²) in [5, 5.41) is 20.7. The first-order valence-corrected chi connectivity index (χ1v) is 18.5. The molecule has 4 atom stereocenters. The van der Waals surface area contributed by atoms with E-state index in [2.05, 4.69) is 55.3 Å². The van der Waals surface area contributed by atoms with E-state index < -0.39 is 35.8 Å². The zero-order valence-electron chi connectivity index (χ0n) is 31.6. The van der Waals surface area contributed by atoms with Crippen LogP contribution in [-0.4, -0.2) is 73.3 Å². The highest BCUT2D eigenvalue weighted by atomic mass is 16.5. The Balaban J connectivity index is 1.37. The fourth-order valence-electron chi connectivity index (χ4n) is 6.62. The third-order valence-corrected chi connectivity index (χ3v) is 9.28. The van der Waals surface area contributed by atoms with E-state index in [1.54, 1.807) is 43.3 Å². The van der Waals surface area contributed by atoms with Crippen LogP contribution in [0.2, 0.25) is 0 Å². The molecule has 0 fully saturated rings. The molecule has 2 aliphatic heterocycles. The fourth-order valence-corrected chi connectivity index (χ4v) is 6.62. The molecule has 2 aromatic carbocycles. The van der Waals surface area contributed by atoms with Crippen molar-refractivity contribution in [2.45, 2.75) is 84.6 Å². The average Bonchev–Trinajstić information content (AvgIpc) is 3.75. The Hall–Kier alpha value is -6.12. The average molecular weight is 750 g/mol. The minimum atomic E-state index is -1.13. The lowest BCUT2D eigenvalue weighted by atomic mass is 10.00. The van der Waals surface area contributed by atoms with E-state index in [0.29, 0.717) is 29.2 Å². The summed E-state index contributed by atoms with van der Waals surface area (Å²) in [5.74, 6) is -0.569. The number of carbonyl (C=O) groups excluding carboxylic acids is 4. The van der Waals surface area contributed by atoms with Gasteiger partial charge in [-0.05, 0) is 60.6 Å². The minimum absolute atomic E-state index is 0.0743. The molecular weight excluding hydrogens is 702 g/mol. The van der Waals surface area contributed by atoms with Crippen LogP contribution < -0.4 is 26.0 Å². The van der Waals surface area contributed by atoms with E-state index in [1.807, 2.05) is 44.2 Å². The molecule has 0 saturated carbocycles. The molecule has 15 nitrogen and oxygen atoms in total. The molecule has 3 aromatic heterocycles. The predicted octanol–water partition coefficient (Wildman–Crippen LogP) is 3.63. The predicted molar refractivity (Wildman–Crippen MR) is 203 cm³/mol. The zero-order valence-corrected chi connectivity index (χ0v) is 31.6. The number of nitrogens with zero attached hydrogens (tertiary/aromatic N) is 5. The molecule has 2 bridgehead atoms. The van der Waals surface area contributed by atoms with Crippen molar-refractivity contribution in [3.8, 4) is 5.75 Å². The normalized spacial score (nSPS) is 20.0. The second-order valence-electron chi connectivity index (χ2n) is 14.6. The molecule has 4 N–H and O–H groups in total.